The number of fused-ring (bicyclic) bond motifs is 3. The third kappa shape index (κ3) is 3.14. The molecule has 2 heteroatoms. The first-order chi connectivity index (χ1) is 13.8. The number of ether oxygens (including phenoxy) is 1. The van der Waals surface area contributed by atoms with E-state index in [0.717, 1.165) is 28.9 Å². The van der Waals surface area contributed by atoms with Gasteiger partial charge < -0.3 is 9.84 Å². The van der Waals surface area contributed by atoms with Crippen molar-refractivity contribution in [2.45, 2.75) is 13.0 Å². The van der Waals surface area contributed by atoms with Gasteiger partial charge in [0.1, 0.15) is 18.1 Å². The third-order valence-electron chi connectivity index (χ3n) is 5.33. The molecule has 1 aliphatic carbocycles. The lowest BCUT2D eigenvalue weighted by Gasteiger charge is -2.09. The minimum absolute atomic E-state index is 0.284. The molecule has 4 aromatic carbocycles. The lowest BCUT2D eigenvalue weighted by atomic mass is 10.0. The molecule has 1 N–H and O–H groups in total. The second-order valence-corrected chi connectivity index (χ2v) is 7.19. The summed E-state index contributed by atoms with van der Waals surface area (Å²) in [5.74, 6) is 1.19. The molecule has 5 rings (SSSR count). The molecule has 0 heterocycles. The highest BCUT2D eigenvalue weighted by atomic mass is 16.5. The number of phenolic OH excluding ortho intramolecular Hbond substituents is 1. The van der Waals surface area contributed by atoms with E-state index >= 15 is 0 Å². The predicted molar refractivity (Wildman–Crippen MR) is 113 cm³/mol. The number of phenols is 1. The van der Waals surface area contributed by atoms with Crippen LogP contribution in [0.2, 0.25) is 0 Å². The summed E-state index contributed by atoms with van der Waals surface area (Å²) < 4.78 is 6.04. The Morgan fingerprint density at radius 3 is 2.14 bits per heavy atom. The van der Waals surface area contributed by atoms with Gasteiger partial charge in [0.05, 0.1) is 0 Å². The Bertz CT molecular complexity index is 1130. The van der Waals surface area contributed by atoms with Gasteiger partial charge in [0, 0.05) is 0 Å². The van der Waals surface area contributed by atoms with E-state index in [2.05, 4.69) is 66.7 Å². The average Bonchev–Trinajstić information content (AvgIpc) is 3.11. The Labute approximate surface area is 164 Å². The number of hydrogen-bond donors (Lipinski definition) is 1. The van der Waals surface area contributed by atoms with Crippen LogP contribution in [0.3, 0.4) is 0 Å². The second kappa shape index (κ2) is 6.90. The Morgan fingerprint density at radius 2 is 1.36 bits per heavy atom. The fraction of sp³-hybridized carbons (Fsp3) is 0.0769. The van der Waals surface area contributed by atoms with Crippen LogP contribution in [0, 0.1) is 0 Å². The fourth-order valence-corrected chi connectivity index (χ4v) is 3.83. The monoisotopic (exact) mass is 364 g/mol. The average molecular weight is 364 g/mol. The van der Waals surface area contributed by atoms with Gasteiger partial charge in [-0.2, -0.15) is 0 Å². The van der Waals surface area contributed by atoms with E-state index in [1.54, 1.807) is 12.1 Å². The van der Waals surface area contributed by atoms with E-state index < -0.39 is 0 Å². The number of benzene rings is 4. The maximum Gasteiger partial charge on any atom is 0.120 e. The van der Waals surface area contributed by atoms with E-state index in [-0.39, 0.29) is 5.75 Å². The van der Waals surface area contributed by atoms with Gasteiger partial charge in [-0.05, 0) is 69.6 Å². The van der Waals surface area contributed by atoms with Crippen LogP contribution in [0.1, 0.15) is 16.7 Å². The van der Waals surface area contributed by atoms with Crippen molar-refractivity contribution in [2.75, 3.05) is 0 Å². The Kier molecular flexibility index (Phi) is 4.10. The van der Waals surface area contributed by atoms with Crippen LogP contribution in [-0.4, -0.2) is 5.11 Å². The largest absolute Gasteiger partial charge is 0.508 e. The van der Waals surface area contributed by atoms with Gasteiger partial charge in [-0.3, -0.25) is 0 Å². The first-order valence-electron chi connectivity index (χ1n) is 9.49. The summed E-state index contributed by atoms with van der Waals surface area (Å²) >= 11 is 0. The summed E-state index contributed by atoms with van der Waals surface area (Å²) in [6.07, 6.45) is 0.976. The molecule has 1 aliphatic rings. The van der Waals surface area contributed by atoms with Gasteiger partial charge in [0.15, 0.2) is 0 Å². The summed E-state index contributed by atoms with van der Waals surface area (Å²) in [6.45, 7) is 0.543. The summed E-state index contributed by atoms with van der Waals surface area (Å²) in [5.41, 5.74) is 8.73. The zero-order valence-corrected chi connectivity index (χ0v) is 15.4. The molecule has 0 radical (unpaired) electrons. The van der Waals surface area contributed by atoms with Crippen LogP contribution in [0.25, 0.3) is 22.3 Å². The molecule has 0 saturated heterocycles. The Balaban J connectivity index is 1.28. The molecule has 28 heavy (non-hydrogen) atoms. The summed E-state index contributed by atoms with van der Waals surface area (Å²) in [7, 11) is 0. The zero-order chi connectivity index (χ0) is 18.9. The molecule has 2 nitrogen and oxygen atoms in total. The van der Waals surface area contributed by atoms with Crippen LogP contribution >= 0.6 is 0 Å². The molecule has 0 fully saturated rings. The van der Waals surface area contributed by atoms with E-state index in [9.17, 15) is 5.11 Å². The molecule has 0 amide bonds. The van der Waals surface area contributed by atoms with Gasteiger partial charge in [-0.15, -0.1) is 0 Å². The van der Waals surface area contributed by atoms with Crippen molar-refractivity contribution in [2.24, 2.45) is 0 Å². The quantitative estimate of drug-likeness (QED) is 0.411. The van der Waals surface area contributed by atoms with Crippen molar-refractivity contribution in [1.29, 1.82) is 0 Å². The molecular formula is C26H20O2. The minimum Gasteiger partial charge on any atom is -0.508 e. The molecule has 136 valence electrons. The van der Waals surface area contributed by atoms with E-state index in [1.165, 1.54) is 22.3 Å². The highest BCUT2D eigenvalue weighted by molar-refractivity contribution is 5.77. The lowest BCUT2D eigenvalue weighted by Crippen LogP contribution is -1.96. The maximum atomic E-state index is 9.42. The zero-order valence-electron chi connectivity index (χ0n) is 15.4. The van der Waals surface area contributed by atoms with Crippen molar-refractivity contribution in [3.63, 3.8) is 0 Å². The van der Waals surface area contributed by atoms with Gasteiger partial charge in [0.2, 0.25) is 0 Å². The Hall–Kier alpha value is -3.52. The molecule has 0 spiro atoms. The SMILES string of the molecule is Oc1ccc(-c2ccc(COc3ccc4c(c3)Cc3ccccc3-4)cc2)cc1. The summed E-state index contributed by atoms with van der Waals surface area (Å²) in [4.78, 5) is 0. The molecule has 0 aromatic heterocycles. The van der Waals surface area contributed by atoms with Gasteiger partial charge in [-0.25, -0.2) is 0 Å². The predicted octanol–water partition coefficient (Wildman–Crippen LogP) is 6.21. The summed E-state index contributed by atoms with van der Waals surface area (Å²) in [5, 5.41) is 9.42. The van der Waals surface area contributed by atoms with E-state index in [4.69, 9.17) is 4.74 Å². The highest BCUT2D eigenvalue weighted by Crippen LogP contribution is 2.38. The summed E-state index contributed by atoms with van der Waals surface area (Å²) in [6, 6.07) is 30.6. The fourth-order valence-electron chi connectivity index (χ4n) is 3.83. The van der Waals surface area contributed by atoms with E-state index in [0.29, 0.717) is 6.61 Å². The van der Waals surface area contributed by atoms with Gasteiger partial charge in [-0.1, -0.05) is 66.7 Å². The normalized spacial score (nSPS) is 11.7. The van der Waals surface area contributed by atoms with Crippen LogP contribution in [0.4, 0.5) is 0 Å². The topological polar surface area (TPSA) is 29.5 Å². The van der Waals surface area contributed by atoms with Crippen LogP contribution < -0.4 is 4.74 Å². The van der Waals surface area contributed by atoms with Gasteiger partial charge >= 0.3 is 0 Å². The minimum atomic E-state index is 0.284. The molecule has 0 bridgehead atoms. The number of aromatic hydroxyl groups is 1. The lowest BCUT2D eigenvalue weighted by molar-refractivity contribution is 0.306. The van der Waals surface area contributed by atoms with Crippen molar-refractivity contribution >= 4 is 0 Å². The van der Waals surface area contributed by atoms with Crippen molar-refractivity contribution < 1.29 is 9.84 Å². The van der Waals surface area contributed by atoms with E-state index in [1.807, 2.05) is 12.1 Å². The molecule has 0 saturated carbocycles. The van der Waals surface area contributed by atoms with Crippen molar-refractivity contribution in [1.82, 2.24) is 0 Å². The second-order valence-electron chi connectivity index (χ2n) is 7.19. The molecule has 0 unspecified atom stereocenters. The highest BCUT2D eigenvalue weighted by Gasteiger charge is 2.18. The van der Waals surface area contributed by atoms with Crippen LogP contribution in [0.5, 0.6) is 11.5 Å². The Morgan fingerprint density at radius 1 is 0.679 bits per heavy atom. The number of hydrogen-bond acceptors (Lipinski definition) is 2. The van der Waals surface area contributed by atoms with Crippen molar-refractivity contribution in [3.8, 4) is 33.8 Å². The smallest absolute Gasteiger partial charge is 0.120 e. The first kappa shape index (κ1) is 16.6. The van der Waals surface area contributed by atoms with Gasteiger partial charge in [0.25, 0.3) is 0 Å². The van der Waals surface area contributed by atoms with Crippen molar-refractivity contribution in [3.05, 3.63) is 108 Å². The van der Waals surface area contributed by atoms with Crippen LogP contribution in [-0.2, 0) is 13.0 Å². The first-order valence-corrected chi connectivity index (χ1v) is 9.49. The number of rotatable bonds is 4. The molecule has 0 atom stereocenters. The molecular weight excluding hydrogens is 344 g/mol. The third-order valence-corrected chi connectivity index (χ3v) is 5.33. The maximum absolute atomic E-state index is 9.42. The molecule has 4 aromatic rings. The van der Waals surface area contributed by atoms with Crippen LogP contribution in [0.15, 0.2) is 91.0 Å². The molecule has 0 aliphatic heterocycles. The standard InChI is InChI=1S/C26H20O2/c27-23-11-9-20(10-12-23)19-7-5-18(6-8-19)17-28-24-13-14-26-22(16-24)15-21-3-1-2-4-25(21)26/h1-14,16,27H,15,17H2.